The minimum atomic E-state index is 0.490. The first-order valence-electron chi connectivity index (χ1n) is 7.69. The second-order valence-electron chi connectivity index (χ2n) is 6.35. The number of benzene rings is 1. The summed E-state index contributed by atoms with van der Waals surface area (Å²) in [6, 6.07) is 5.75. The molecule has 2 aliphatic rings. The number of rotatable bonds is 3. The van der Waals surface area contributed by atoms with Crippen LogP contribution >= 0.6 is 0 Å². The molecule has 1 N–H and O–H groups in total. The fourth-order valence-electron chi connectivity index (χ4n) is 3.07. The molecule has 104 valence electrons. The summed E-state index contributed by atoms with van der Waals surface area (Å²) in [6.45, 7) is 7.59. The quantitative estimate of drug-likeness (QED) is 0.883. The van der Waals surface area contributed by atoms with E-state index in [9.17, 15) is 0 Å². The molecule has 0 amide bonds. The molecule has 1 aromatic carbocycles. The second kappa shape index (κ2) is 5.16. The zero-order valence-corrected chi connectivity index (χ0v) is 12.3. The number of fused-ring (bicyclic) bond motifs is 1. The average Bonchev–Trinajstić information content (AvgIpc) is 3.17. The minimum Gasteiger partial charge on any atom is -0.493 e. The van der Waals surface area contributed by atoms with Gasteiger partial charge in [-0.3, -0.25) is 0 Å². The van der Waals surface area contributed by atoms with Crippen LogP contribution in [0.25, 0.3) is 0 Å². The Bertz CT molecular complexity index is 463. The lowest BCUT2D eigenvalue weighted by atomic mass is 9.91. The maximum atomic E-state index is 6.11. The molecule has 1 fully saturated rings. The average molecular weight is 259 g/mol. The van der Waals surface area contributed by atoms with Gasteiger partial charge in [-0.15, -0.1) is 0 Å². The molecule has 1 aliphatic heterocycles. The molecular formula is C17H25NO. The van der Waals surface area contributed by atoms with Gasteiger partial charge in [-0.2, -0.15) is 0 Å². The van der Waals surface area contributed by atoms with Crippen LogP contribution < -0.4 is 10.1 Å². The predicted molar refractivity (Wildman–Crippen MR) is 78.9 cm³/mol. The number of aryl methyl sites for hydroxylation is 1. The van der Waals surface area contributed by atoms with E-state index < -0.39 is 0 Å². The van der Waals surface area contributed by atoms with E-state index in [1.807, 2.05) is 0 Å². The first-order chi connectivity index (χ1) is 9.16. The van der Waals surface area contributed by atoms with Crippen LogP contribution in [0.5, 0.6) is 5.75 Å². The van der Waals surface area contributed by atoms with E-state index in [1.165, 1.54) is 41.7 Å². The highest BCUT2D eigenvalue weighted by Crippen LogP contribution is 2.40. The Labute approximate surface area is 116 Å². The molecule has 1 heterocycles. The van der Waals surface area contributed by atoms with Crippen molar-refractivity contribution in [2.24, 2.45) is 0 Å². The smallest absolute Gasteiger partial charge is 0.127 e. The van der Waals surface area contributed by atoms with Crippen molar-refractivity contribution in [1.82, 2.24) is 5.32 Å². The lowest BCUT2D eigenvalue weighted by molar-refractivity contribution is 0.311. The van der Waals surface area contributed by atoms with E-state index in [2.05, 4.69) is 38.2 Å². The number of hydrogen-bond donors (Lipinski definition) is 1. The predicted octanol–water partition coefficient (Wildman–Crippen LogP) is 4.08. The van der Waals surface area contributed by atoms with Crippen LogP contribution in [-0.4, -0.2) is 12.6 Å². The van der Waals surface area contributed by atoms with Crippen molar-refractivity contribution >= 4 is 0 Å². The number of ether oxygens (including phenoxy) is 1. The van der Waals surface area contributed by atoms with Gasteiger partial charge in [0, 0.05) is 17.6 Å². The van der Waals surface area contributed by atoms with Crippen molar-refractivity contribution in [3.63, 3.8) is 0 Å². The van der Waals surface area contributed by atoms with Crippen LogP contribution in [0.4, 0.5) is 0 Å². The Morgan fingerprint density at radius 2 is 2.00 bits per heavy atom. The summed E-state index contributed by atoms with van der Waals surface area (Å²) in [6.07, 6.45) is 5.03. The Hall–Kier alpha value is -1.02. The van der Waals surface area contributed by atoms with E-state index in [0.717, 1.165) is 19.1 Å². The molecule has 0 aromatic heterocycles. The van der Waals surface area contributed by atoms with Crippen LogP contribution in [0.2, 0.25) is 0 Å². The summed E-state index contributed by atoms with van der Waals surface area (Å²) in [5.74, 6) is 1.69. The molecule has 1 aliphatic carbocycles. The van der Waals surface area contributed by atoms with Gasteiger partial charge in [0.2, 0.25) is 0 Å². The van der Waals surface area contributed by atoms with Crippen molar-refractivity contribution in [1.29, 1.82) is 0 Å². The monoisotopic (exact) mass is 259 g/mol. The molecule has 0 bridgehead atoms. The van der Waals surface area contributed by atoms with Gasteiger partial charge in [0.25, 0.3) is 0 Å². The zero-order chi connectivity index (χ0) is 13.4. The molecule has 19 heavy (non-hydrogen) atoms. The Morgan fingerprint density at radius 1 is 1.21 bits per heavy atom. The topological polar surface area (TPSA) is 21.3 Å². The number of nitrogens with one attached hydrogen (secondary N) is 1. The summed E-state index contributed by atoms with van der Waals surface area (Å²) in [7, 11) is 0. The van der Waals surface area contributed by atoms with Crippen LogP contribution in [-0.2, 0) is 0 Å². The SMILES string of the molecule is Cc1ccc(C(C)C)c2c1C(NC1CC1)CCCO2. The van der Waals surface area contributed by atoms with Crippen LogP contribution in [0.15, 0.2) is 12.1 Å². The zero-order valence-electron chi connectivity index (χ0n) is 12.3. The summed E-state index contributed by atoms with van der Waals surface area (Å²) < 4.78 is 6.11. The first kappa shape index (κ1) is 13.0. The van der Waals surface area contributed by atoms with Crippen LogP contribution in [0.1, 0.15) is 68.2 Å². The lowest BCUT2D eigenvalue weighted by Crippen LogP contribution is -2.24. The fraction of sp³-hybridized carbons (Fsp3) is 0.647. The molecule has 0 spiro atoms. The Kier molecular flexibility index (Phi) is 3.53. The molecule has 1 aromatic rings. The molecule has 0 saturated heterocycles. The largest absolute Gasteiger partial charge is 0.493 e. The summed E-state index contributed by atoms with van der Waals surface area (Å²) in [5, 5.41) is 3.82. The van der Waals surface area contributed by atoms with Gasteiger partial charge in [0.05, 0.1) is 6.61 Å². The lowest BCUT2D eigenvalue weighted by Gasteiger charge is -2.23. The third-order valence-corrected chi connectivity index (χ3v) is 4.31. The van der Waals surface area contributed by atoms with Crippen LogP contribution in [0, 0.1) is 6.92 Å². The van der Waals surface area contributed by atoms with Gasteiger partial charge >= 0.3 is 0 Å². The van der Waals surface area contributed by atoms with Gasteiger partial charge in [-0.25, -0.2) is 0 Å². The summed E-state index contributed by atoms with van der Waals surface area (Å²) >= 11 is 0. The van der Waals surface area contributed by atoms with Crippen molar-refractivity contribution in [3.05, 3.63) is 28.8 Å². The summed E-state index contributed by atoms with van der Waals surface area (Å²) in [4.78, 5) is 0. The molecule has 1 atom stereocenters. The highest BCUT2D eigenvalue weighted by Gasteiger charge is 2.30. The van der Waals surface area contributed by atoms with Crippen molar-refractivity contribution in [2.75, 3.05) is 6.61 Å². The van der Waals surface area contributed by atoms with Gasteiger partial charge in [0.1, 0.15) is 5.75 Å². The molecule has 2 heteroatoms. The van der Waals surface area contributed by atoms with E-state index >= 15 is 0 Å². The van der Waals surface area contributed by atoms with Gasteiger partial charge in [-0.05, 0) is 49.7 Å². The van der Waals surface area contributed by atoms with E-state index in [0.29, 0.717) is 12.0 Å². The molecule has 2 nitrogen and oxygen atoms in total. The van der Waals surface area contributed by atoms with Crippen molar-refractivity contribution in [3.8, 4) is 5.75 Å². The normalized spacial score (nSPS) is 22.8. The summed E-state index contributed by atoms with van der Waals surface area (Å²) in [5.41, 5.74) is 4.17. The third kappa shape index (κ3) is 2.64. The van der Waals surface area contributed by atoms with E-state index in [1.54, 1.807) is 0 Å². The number of hydrogen-bond acceptors (Lipinski definition) is 2. The van der Waals surface area contributed by atoms with Crippen molar-refractivity contribution < 1.29 is 4.74 Å². The van der Waals surface area contributed by atoms with Crippen LogP contribution in [0.3, 0.4) is 0 Å². The fourth-order valence-corrected chi connectivity index (χ4v) is 3.07. The molecule has 1 unspecified atom stereocenters. The maximum absolute atomic E-state index is 6.11. The second-order valence-corrected chi connectivity index (χ2v) is 6.35. The van der Waals surface area contributed by atoms with E-state index in [4.69, 9.17) is 4.74 Å². The third-order valence-electron chi connectivity index (χ3n) is 4.31. The highest BCUT2D eigenvalue weighted by molar-refractivity contribution is 5.49. The van der Waals surface area contributed by atoms with Crippen molar-refractivity contribution in [2.45, 2.75) is 64.5 Å². The van der Waals surface area contributed by atoms with Gasteiger partial charge < -0.3 is 10.1 Å². The van der Waals surface area contributed by atoms with Gasteiger partial charge in [-0.1, -0.05) is 26.0 Å². The highest BCUT2D eigenvalue weighted by atomic mass is 16.5. The maximum Gasteiger partial charge on any atom is 0.127 e. The first-order valence-corrected chi connectivity index (χ1v) is 7.69. The Morgan fingerprint density at radius 3 is 2.68 bits per heavy atom. The Balaban J connectivity index is 2.02. The molecule has 3 rings (SSSR count). The minimum absolute atomic E-state index is 0.490. The molecule has 1 saturated carbocycles. The molecule has 0 radical (unpaired) electrons. The molecular weight excluding hydrogens is 234 g/mol. The van der Waals surface area contributed by atoms with E-state index in [-0.39, 0.29) is 0 Å². The van der Waals surface area contributed by atoms with Gasteiger partial charge in [0.15, 0.2) is 0 Å². The standard InChI is InChI=1S/C17H25NO/c1-11(2)14-9-6-12(3)16-15(18-13-7-8-13)5-4-10-19-17(14)16/h6,9,11,13,15,18H,4-5,7-8,10H2,1-3H3.